The molecule has 6 nitrogen and oxygen atoms in total. The molecule has 2 heterocycles. The summed E-state index contributed by atoms with van der Waals surface area (Å²) in [4.78, 5) is 25.4. The lowest BCUT2D eigenvalue weighted by Crippen LogP contribution is -2.11. The van der Waals surface area contributed by atoms with Gasteiger partial charge in [0.15, 0.2) is 0 Å². The van der Waals surface area contributed by atoms with Crippen LogP contribution in [0, 0.1) is 6.92 Å². The number of thiophene rings is 1. The predicted octanol–water partition coefficient (Wildman–Crippen LogP) is 5.86. The third-order valence-electron chi connectivity index (χ3n) is 5.30. The van der Waals surface area contributed by atoms with Crippen molar-refractivity contribution in [2.24, 2.45) is 0 Å². The summed E-state index contributed by atoms with van der Waals surface area (Å²) in [5.41, 5.74) is 4.17. The fourth-order valence-electron chi connectivity index (χ4n) is 3.88. The van der Waals surface area contributed by atoms with Crippen molar-refractivity contribution in [1.29, 1.82) is 0 Å². The quantitative estimate of drug-likeness (QED) is 0.362. The van der Waals surface area contributed by atoms with Gasteiger partial charge in [0.1, 0.15) is 11.6 Å². The number of rotatable bonds is 7. The number of amides is 1. The van der Waals surface area contributed by atoms with Crippen molar-refractivity contribution in [3.05, 3.63) is 70.9 Å². The fourth-order valence-corrected chi connectivity index (χ4v) is 4.95. The first-order valence-electron chi connectivity index (χ1n) is 11.0. The number of benzene rings is 2. The highest BCUT2D eigenvalue weighted by molar-refractivity contribution is 7.15. The molecule has 0 aliphatic rings. The van der Waals surface area contributed by atoms with Crippen LogP contribution in [0.5, 0.6) is 0 Å². The smallest absolute Gasteiger partial charge is 0.221 e. The summed E-state index contributed by atoms with van der Waals surface area (Å²) in [6, 6.07) is 18.7. The van der Waals surface area contributed by atoms with Crippen LogP contribution in [0.3, 0.4) is 0 Å². The number of nitrogens with one attached hydrogen (secondary N) is 2. The molecule has 170 valence electrons. The van der Waals surface area contributed by atoms with Gasteiger partial charge in [0.2, 0.25) is 5.91 Å². The second-order valence-corrected chi connectivity index (χ2v) is 9.61. The Morgan fingerprint density at radius 2 is 1.88 bits per heavy atom. The van der Waals surface area contributed by atoms with E-state index in [4.69, 9.17) is 0 Å². The fraction of sp³-hybridized carbons (Fsp3) is 0.269. The molecule has 0 spiro atoms. The summed E-state index contributed by atoms with van der Waals surface area (Å²) < 4.78 is 0. The molecule has 1 atom stereocenters. The molecule has 0 radical (unpaired) electrons. The Morgan fingerprint density at radius 1 is 1.09 bits per heavy atom. The molecule has 0 saturated carbocycles. The third kappa shape index (κ3) is 5.38. The second-order valence-electron chi connectivity index (χ2n) is 8.50. The first-order valence-corrected chi connectivity index (χ1v) is 11.8. The van der Waals surface area contributed by atoms with E-state index in [-0.39, 0.29) is 11.9 Å². The van der Waals surface area contributed by atoms with Gasteiger partial charge < -0.3 is 15.5 Å². The number of carbonyl (C=O) groups excluding carboxylic acids is 1. The summed E-state index contributed by atoms with van der Waals surface area (Å²) >= 11 is 1.79. The van der Waals surface area contributed by atoms with Gasteiger partial charge in [-0.2, -0.15) is 0 Å². The summed E-state index contributed by atoms with van der Waals surface area (Å²) in [6.45, 7) is 6.44. The van der Waals surface area contributed by atoms with Crippen molar-refractivity contribution in [2.75, 3.05) is 24.7 Å². The maximum Gasteiger partial charge on any atom is 0.221 e. The van der Waals surface area contributed by atoms with E-state index in [9.17, 15) is 4.79 Å². The van der Waals surface area contributed by atoms with Crippen molar-refractivity contribution in [1.82, 2.24) is 14.9 Å². The van der Waals surface area contributed by atoms with E-state index in [1.165, 1.54) is 27.8 Å². The number of nitrogens with zero attached hydrogens (tertiary/aromatic N) is 3. The van der Waals surface area contributed by atoms with Crippen molar-refractivity contribution in [2.45, 2.75) is 33.4 Å². The van der Waals surface area contributed by atoms with E-state index in [1.807, 2.05) is 25.1 Å². The monoisotopic (exact) mass is 459 g/mol. The Kier molecular flexibility index (Phi) is 6.72. The Hall–Kier alpha value is -3.29. The molecule has 33 heavy (non-hydrogen) atoms. The van der Waals surface area contributed by atoms with Crippen molar-refractivity contribution < 1.29 is 4.79 Å². The largest absolute Gasteiger partial charge is 0.362 e. The summed E-state index contributed by atoms with van der Waals surface area (Å²) in [6.07, 6.45) is 0. The zero-order chi connectivity index (χ0) is 23.5. The lowest BCUT2D eigenvalue weighted by molar-refractivity contribution is -0.114. The van der Waals surface area contributed by atoms with Crippen LogP contribution in [0.1, 0.15) is 36.2 Å². The van der Waals surface area contributed by atoms with E-state index in [2.05, 4.69) is 82.9 Å². The van der Waals surface area contributed by atoms with Gasteiger partial charge in [-0.05, 0) is 69.4 Å². The molecule has 0 fully saturated rings. The van der Waals surface area contributed by atoms with Gasteiger partial charge >= 0.3 is 0 Å². The zero-order valence-electron chi connectivity index (χ0n) is 19.6. The second kappa shape index (κ2) is 9.68. The van der Waals surface area contributed by atoms with Gasteiger partial charge in [-0.3, -0.25) is 4.79 Å². The van der Waals surface area contributed by atoms with Crippen LogP contribution in [-0.4, -0.2) is 34.9 Å². The van der Waals surface area contributed by atoms with Gasteiger partial charge in [-0.25, -0.2) is 9.97 Å². The van der Waals surface area contributed by atoms with E-state index in [0.29, 0.717) is 5.82 Å². The molecule has 2 N–H and O–H groups in total. The molecule has 1 unspecified atom stereocenters. The Labute approximate surface area is 198 Å². The lowest BCUT2D eigenvalue weighted by Gasteiger charge is -2.16. The Balaban J connectivity index is 1.63. The predicted molar refractivity (Wildman–Crippen MR) is 138 cm³/mol. The van der Waals surface area contributed by atoms with Gasteiger partial charge in [-0.15, -0.1) is 11.3 Å². The van der Waals surface area contributed by atoms with Crippen LogP contribution in [0.2, 0.25) is 0 Å². The van der Waals surface area contributed by atoms with Crippen LogP contribution in [-0.2, 0) is 11.3 Å². The van der Waals surface area contributed by atoms with Gasteiger partial charge in [0.05, 0.1) is 11.6 Å². The Bertz CT molecular complexity index is 1300. The van der Waals surface area contributed by atoms with Crippen LogP contribution in [0.15, 0.2) is 54.6 Å². The normalized spacial score (nSPS) is 12.2. The van der Waals surface area contributed by atoms with Gasteiger partial charge in [-0.1, -0.05) is 24.3 Å². The van der Waals surface area contributed by atoms with E-state index >= 15 is 0 Å². The molecule has 2 aromatic carbocycles. The minimum atomic E-state index is -0.106. The molecule has 4 rings (SSSR count). The highest BCUT2D eigenvalue weighted by atomic mass is 32.1. The number of hydrogen-bond donors (Lipinski definition) is 2. The highest BCUT2D eigenvalue weighted by Gasteiger charge is 2.15. The van der Waals surface area contributed by atoms with Crippen LogP contribution in [0.4, 0.5) is 11.5 Å². The first-order chi connectivity index (χ1) is 15.8. The Morgan fingerprint density at radius 3 is 2.64 bits per heavy atom. The molecule has 1 amide bonds. The summed E-state index contributed by atoms with van der Waals surface area (Å²) in [5.74, 6) is 1.36. The number of carbonyl (C=O) groups is 1. The molecule has 0 bridgehead atoms. The molecule has 0 aliphatic carbocycles. The van der Waals surface area contributed by atoms with Crippen molar-refractivity contribution >= 4 is 39.7 Å². The van der Waals surface area contributed by atoms with Crippen LogP contribution >= 0.6 is 11.3 Å². The standard InChI is InChI=1S/C26H29N5OS/c1-16(24-12-13-25(33-24)21-9-7-6-8-19(21)15-31(4)5)27-26-22-14-20(30-18(3)32)10-11-23(22)28-17(2)29-26/h6-14,16H,15H2,1-5H3,(H,30,32)(H,27,28,29). The summed E-state index contributed by atoms with van der Waals surface area (Å²) in [7, 11) is 4.18. The number of aromatic nitrogens is 2. The topological polar surface area (TPSA) is 70.1 Å². The SMILES string of the molecule is CC(=O)Nc1ccc2nc(C)nc(NC(C)c3ccc(-c4ccccc4CN(C)C)s3)c2c1. The highest BCUT2D eigenvalue weighted by Crippen LogP contribution is 2.35. The third-order valence-corrected chi connectivity index (χ3v) is 6.61. The summed E-state index contributed by atoms with van der Waals surface area (Å²) in [5, 5.41) is 7.29. The molecule has 7 heteroatoms. The number of hydrogen-bond acceptors (Lipinski definition) is 6. The minimum absolute atomic E-state index is 0.0617. The zero-order valence-corrected chi connectivity index (χ0v) is 20.5. The molecule has 4 aromatic rings. The average molecular weight is 460 g/mol. The number of fused-ring (bicyclic) bond motifs is 1. The average Bonchev–Trinajstić information content (AvgIpc) is 3.24. The van der Waals surface area contributed by atoms with Gasteiger partial charge in [0, 0.05) is 34.3 Å². The van der Waals surface area contributed by atoms with E-state index < -0.39 is 0 Å². The molecule has 0 aliphatic heterocycles. The van der Waals surface area contributed by atoms with Crippen LogP contribution < -0.4 is 10.6 Å². The minimum Gasteiger partial charge on any atom is -0.362 e. The van der Waals surface area contributed by atoms with E-state index in [1.54, 1.807) is 11.3 Å². The van der Waals surface area contributed by atoms with Crippen molar-refractivity contribution in [3.8, 4) is 10.4 Å². The van der Waals surface area contributed by atoms with Crippen LogP contribution in [0.25, 0.3) is 21.3 Å². The molecule has 2 aromatic heterocycles. The molecular weight excluding hydrogens is 430 g/mol. The maximum atomic E-state index is 11.5. The maximum absolute atomic E-state index is 11.5. The number of anilines is 2. The molecule has 0 saturated heterocycles. The first kappa shape index (κ1) is 22.9. The number of aryl methyl sites for hydroxylation is 1. The van der Waals surface area contributed by atoms with Gasteiger partial charge in [0.25, 0.3) is 0 Å². The lowest BCUT2D eigenvalue weighted by atomic mass is 10.1. The molecular formula is C26H29N5OS. The van der Waals surface area contributed by atoms with E-state index in [0.717, 1.165) is 29.0 Å². The van der Waals surface area contributed by atoms with Crippen molar-refractivity contribution in [3.63, 3.8) is 0 Å².